The van der Waals surface area contributed by atoms with Crippen LogP contribution < -0.4 is 5.73 Å². The van der Waals surface area contributed by atoms with Crippen molar-refractivity contribution >= 4 is 23.2 Å². The monoisotopic (exact) mass is 275 g/mol. The molecule has 0 radical (unpaired) electrons. The van der Waals surface area contributed by atoms with Crippen molar-refractivity contribution in [2.75, 3.05) is 6.54 Å². The van der Waals surface area contributed by atoms with Crippen molar-refractivity contribution in [1.82, 2.24) is 0 Å². The molecular formula is C17H22ClN. The van der Waals surface area contributed by atoms with E-state index in [-0.39, 0.29) is 17.8 Å². The lowest BCUT2D eigenvalue weighted by Crippen LogP contribution is -2.37. The van der Waals surface area contributed by atoms with Gasteiger partial charge >= 0.3 is 0 Å². The van der Waals surface area contributed by atoms with Crippen LogP contribution in [0.2, 0.25) is 0 Å². The maximum absolute atomic E-state index is 6.16. The first-order valence-electron chi connectivity index (χ1n) is 7.04. The Hall–Kier alpha value is -1.05. The summed E-state index contributed by atoms with van der Waals surface area (Å²) >= 11 is 0. The van der Waals surface area contributed by atoms with Crippen molar-refractivity contribution in [2.24, 2.45) is 5.73 Å². The van der Waals surface area contributed by atoms with E-state index in [1.165, 1.54) is 48.4 Å². The highest BCUT2D eigenvalue weighted by Crippen LogP contribution is 2.41. The van der Waals surface area contributed by atoms with E-state index in [1.54, 1.807) is 0 Å². The van der Waals surface area contributed by atoms with E-state index >= 15 is 0 Å². The van der Waals surface area contributed by atoms with Crippen molar-refractivity contribution in [3.63, 3.8) is 0 Å². The summed E-state index contributed by atoms with van der Waals surface area (Å²) in [6, 6.07) is 15.4. The fourth-order valence-corrected chi connectivity index (χ4v) is 3.50. The van der Waals surface area contributed by atoms with E-state index in [9.17, 15) is 0 Å². The molecule has 0 unspecified atom stereocenters. The van der Waals surface area contributed by atoms with Gasteiger partial charge in [0, 0.05) is 12.0 Å². The van der Waals surface area contributed by atoms with Crippen LogP contribution in [0.3, 0.4) is 0 Å². The lowest BCUT2D eigenvalue weighted by atomic mass is 9.68. The lowest BCUT2D eigenvalue weighted by molar-refractivity contribution is 0.303. The van der Waals surface area contributed by atoms with Crippen molar-refractivity contribution in [2.45, 2.75) is 37.5 Å². The van der Waals surface area contributed by atoms with Crippen molar-refractivity contribution in [1.29, 1.82) is 0 Å². The Balaban J connectivity index is 0.00000133. The Morgan fingerprint density at radius 3 is 2.32 bits per heavy atom. The molecule has 0 bridgehead atoms. The summed E-state index contributed by atoms with van der Waals surface area (Å²) in [6.45, 7) is 0.779. The first-order valence-corrected chi connectivity index (χ1v) is 7.04. The minimum atomic E-state index is 0. The first-order chi connectivity index (χ1) is 8.86. The maximum Gasteiger partial charge on any atom is 0.00817 e. The fraction of sp³-hybridized carbons (Fsp3) is 0.412. The zero-order valence-electron chi connectivity index (χ0n) is 11.3. The summed E-state index contributed by atoms with van der Waals surface area (Å²) in [5, 5.41) is 2.74. The van der Waals surface area contributed by atoms with Gasteiger partial charge in [-0.05, 0) is 29.2 Å². The predicted octanol–water partition coefficient (Wildman–Crippen LogP) is 4.42. The Morgan fingerprint density at radius 1 is 0.895 bits per heavy atom. The number of nitrogens with two attached hydrogens (primary N) is 1. The third kappa shape index (κ3) is 2.50. The summed E-state index contributed by atoms with van der Waals surface area (Å²) in [4.78, 5) is 0. The molecule has 3 rings (SSSR count). The fourth-order valence-electron chi connectivity index (χ4n) is 3.50. The maximum atomic E-state index is 6.16. The smallest absolute Gasteiger partial charge is 0.00817 e. The molecule has 1 aliphatic carbocycles. The molecule has 0 amide bonds. The average Bonchev–Trinajstić information content (AvgIpc) is 2.47. The molecule has 102 valence electrons. The van der Waals surface area contributed by atoms with Gasteiger partial charge in [0.05, 0.1) is 0 Å². The molecule has 1 nitrogen and oxygen atoms in total. The Kier molecular flexibility index (Phi) is 4.49. The van der Waals surface area contributed by atoms with Crippen LogP contribution in [0.1, 0.15) is 37.7 Å². The standard InChI is InChI=1S/C17H21N.ClH/c18-13-17(11-4-1-5-12-17)16-10-6-8-14-7-2-3-9-15(14)16;/h2-3,6-10H,1,4-5,11-13,18H2;1H. The second-order valence-electron chi connectivity index (χ2n) is 5.57. The number of rotatable bonds is 2. The molecule has 2 heteroatoms. The van der Waals surface area contributed by atoms with Crippen molar-refractivity contribution in [3.05, 3.63) is 48.0 Å². The molecule has 1 aliphatic rings. The quantitative estimate of drug-likeness (QED) is 0.862. The molecule has 0 aliphatic heterocycles. The van der Waals surface area contributed by atoms with Gasteiger partial charge in [-0.2, -0.15) is 0 Å². The van der Waals surface area contributed by atoms with Crippen LogP contribution in [0, 0.1) is 0 Å². The van der Waals surface area contributed by atoms with Crippen molar-refractivity contribution in [3.8, 4) is 0 Å². The zero-order chi connectivity index (χ0) is 12.4. The van der Waals surface area contributed by atoms with Gasteiger partial charge in [-0.1, -0.05) is 61.7 Å². The SMILES string of the molecule is Cl.NCC1(c2cccc3ccccc23)CCCCC1. The van der Waals surface area contributed by atoms with Crippen LogP contribution in [-0.2, 0) is 5.41 Å². The Labute approximate surface area is 121 Å². The minimum absolute atomic E-state index is 0. The lowest BCUT2D eigenvalue weighted by Gasteiger charge is -2.37. The molecule has 0 spiro atoms. The molecule has 0 atom stereocenters. The highest BCUT2D eigenvalue weighted by atomic mass is 35.5. The van der Waals surface area contributed by atoms with E-state index in [1.807, 2.05) is 0 Å². The number of fused-ring (bicyclic) bond motifs is 1. The highest BCUT2D eigenvalue weighted by molar-refractivity contribution is 5.86. The van der Waals surface area contributed by atoms with Crippen LogP contribution >= 0.6 is 12.4 Å². The van der Waals surface area contributed by atoms with Gasteiger partial charge in [-0.15, -0.1) is 12.4 Å². The molecule has 2 N–H and O–H groups in total. The normalized spacial score (nSPS) is 17.9. The Morgan fingerprint density at radius 2 is 1.58 bits per heavy atom. The number of halogens is 1. The molecule has 2 aromatic carbocycles. The second-order valence-corrected chi connectivity index (χ2v) is 5.57. The third-order valence-electron chi connectivity index (χ3n) is 4.56. The largest absolute Gasteiger partial charge is 0.330 e. The van der Waals surface area contributed by atoms with E-state index < -0.39 is 0 Å². The predicted molar refractivity (Wildman–Crippen MR) is 85.0 cm³/mol. The summed E-state index contributed by atoms with van der Waals surface area (Å²) in [5.74, 6) is 0. The van der Waals surface area contributed by atoms with Crippen LogP contribution in [0.25, 0.3) is 10.8 Å². The van der Waals surface area contributed by atoms with Gasteiger partial charge in [-0.25, -0.2) is 0 Å². The topological polar surface area (TPSA) is 26.0 Å². The highest BCUT2D eigenvalue weighted by Gasteiger charge is 2.33. The van der Waals surface area contributed by atoms with Gasteiger partial charge in [0.1, 0.15) is 0 Å². The first kappa shape index (κ1) is 14.4. The summed E-state index contributed by atoms with van der Waals surface area (Å²) in [5.41, 5.74) is 7.86. The molecule has 2 aromatic rings. The molecule has 0 aromatic heterocycles. The number of hydrogen-bond donors (Lipinski definition) is 1. The molecule has 1 fully saturated rings. The van der Waals surface area contributed by atoms with E-state index in [4.69, 9.17) is 5.73 Å². The van der Waals surface area contributed by atoms with Gasteiger partial charge in [0.25, 0.3) is 0 Å². The number of benzene rings is 2. The van der Waals surface area contributed by atoms with Crippen LogP contribution in [0.5, 0.6) is 0 Å². The average molecular weight is 276 g/mol. The van der Waals surface area contributed by atoms with E-state index in [0.717, 1.165) is 6.54 Å². The molecule has 1 saturated carbocycles. The number of hydrogen-bond acceptors (Lipinski definition) is 1. The summed E-state index contributed by atoms with van der Waals surface area (Å²) in [7, 11) is 0. The van der Waals surface area contributed by atoms with Gasteiger partial charge in [0.15, 0.2) is 0 Å². The van der Waals surface area contributed by atoms with Crippen molar-refractivity contribution < 1.29 is 0 Å². The molecule has 0 saturated heterocycles. The Bertz CT molecular complexity index is 538. The van der Waals surface area contributed by atoms with Crippen LogP contribution in [-0.4, -0.2) is 6.54 Å². The second kappa shape index (κ2) is 5.94. The van der Waals surface area contributed by atoms with E-state index in [0.29, 0.717) is 0 Å². The molecule has 0 heterocycles. The third-order valence-corrected chi connectivity index (χ3v) is 4.56. The van der Waals surface area contributed by atoms with Gasteiger partial charge in [0.2, 0.25) is 0 Å². The molecule has 19 heavy (non-hydrogen) atoms. The van der Waals surface area contributed by atoms with Crippen LogP contribution in [0.15, 0.2) is 42.5 Å². The summed E-state index contributed by atoms with van der Waals surface area (Å²) in [6.07, 6.45) is 6.50. The van der Waals surface area contributed by atoms with Gasteiger partial charge in [-0.3, -0.25) is 0 Å². The van der Waals surface area contributed by atoms with Crippen LogP contribution in [0.4, 0.5) is 0 Å². The summed E-state index contributed by atoms with van der Waals surface area (Å²) < 4.78 is 0. The van der Waals surface area contributed by atoms with Gasteiger partial charge < -0.3 is 5.73 Å². The molecular weight excluding hydrogens is 254 g/mol. The zero-order valence-corrected chi connectivity index (χ0v) is 12.1. The minimum Gasteiger partial charge on any atom is -0.330 e. The van der Waals surface area contributed by atoms with E-state index in [2.05, 4.69) is 42.5 Å².